The zero-order valence-corrected chi connectivity index (χ0v) is 13.1. The molecule has 0 amide bonds. The van der Waals surface area contributed by atoms with Gasteiger partial charge in [-0.1, -0.05) is 67.6 Å². The molecule has 1 aliphatic carbocycles. The fraction of sp³-hybridized carbons (Fsp3) is 0.238. The molecule has 0 saturated carbocycles. The topological polar surface area (TPSA) is 0 Å². The van der Waals surface area contributed by atoms with Gasteiger partial charge in [-0.3, -0.25) is 0 Å². The molecule has 0 aromatic heterocycles. The van der Waals surface area contributed by atoms with Crippen molar-refractivity contribution in [3.63, 3.8) is 0 Å². The average molecular weight is 274 g/mol. The molecule has 2 aromatic carbocycles. The predicted octanol–water partition coefficient (Wildman–Crippen LogP) is 5.95. The van der Waals surface area contributed by atoms with Crippen LogP contribution in [0.3, 0.4) is 0 Å². The van der Waals surface area contributed by atoms with Gasteiger partial charge >= 0.3 is 0 Å². The molecule has 0 spiro atoms. The van der Waals surface area contributed by atoms with E-state index in [9.17, 15) is 0 Å². The van der Waals surface area contributed by atoms with Crippen LogP contribution in [0.2, 0.25) is 0 Å². The Morgan fingerprint density at radius 3 is 2.24 bits per heavy atom. The van der Waals surface area contributed by atoms with Crippen molar-refractivity contribution in [2.45, 2.75) is 27.2 Å². The van der Waals surface area contributed by atoms with Crippen LogP contribution < -0.4 is 0 Å². The first kappa shape index (κ1) is 13.9. The van der Waals surface area contributed by atoms with Crippen LogP contribution in [0.25, 0.3) is 16.7 Å². The molecule has 2 aromatic rings. The van der Waals surface area contributed by atoms with Crippen molar-refractivity contribution in [3.05, 3.63) is 77.4 Å². The highest BCUT2D eigenvalue weighted by molar-refractivity contribution is 5.80. The lowest BCUT2D eigenvalue weighted by Gasteiger charge is -2.17. The second-order valence-electron chi connectivity index (χ2n) is 6.08. The van der Waals surface area contributed by atoms with E-state index in [4.69, 9.17) is 0 Å². The van der Waals surface area contributed by atoms with Gasteiger partial charge < -0.3 is 0 Å². The molecular formula is C21H22. The Balaban J connectivity index is 2.03. The Kier molecular flexibility index (Phi) is 3.79. The summed E-state index contributed by atoms with van der Waals surface area (Å²) in [6.45, 7) is 6.69. The van der Waals surface area contributed by atoms with Gasteiger partial charge in [-0.2, -0.15) is 0 Å². The highest BCUT2D eigenvalue weighted by Gasteiger charge is 2.11. The van der Waals surface area contributed by atoms with Crippen LogP contribution in [0.4, 0.5) is 0 Å². The molecule has 0 N–H and O–H groups in total. The van der Waals surface area contributed by atoms with Crippen LogP contribution in [-0.4, -0.2) is 0 Å². The minimum atomic E-state index is 0.666. The summed E-state index contributed by atoms with van der Waals surface area (Å²) < 4.78 is 0. The van der Waals surface area contributed by atoms with Crippen molar-refractivity contribution in [1.29, 1.82) is 0 Å². The van der Waals surface area contributed by atoms with Gasteiger partial charge in [-0.25, -0.2) is 0 Å². The quantitative estimate of drug-likeness (QED) is 0.634. The maximum absolute atomic E-state index is 2.37. The predicted molar refractivity (Wildman–Crippen MR) is 92.3 cm³/mol. The summed E-state index contributed by atoms with van der Waals surface area (Å²) in [6, 6.07) is 15.3. The number of hydrogen-bond donors (Lipinski definition) is 0. The van der Waals surface area contributed by atoms with E-state index >= 15 is 0 Å². The van der Waals surface area contributed by atoms with Crippen LogP contribution in [-0.2, 0) is 0 Å². The maximum Gasteiger partial charge on any atom is -0.0152 e. The monoisotopic (exact) mass is 274 g/mol. The van der Waals surface area contributed by atoms with Crippen LogP contribution in [0, 0.1) is 19.8 Å². The summed E-state index contributed by atoms with van der Waals surface area (Å²) in [5.41, 5.74) is 8.07. The third-order valence-electron chi connectivity index (χ3n) is 4.28. The molecule has 0 aliphatic heterocycles. The second kappa shape index (κ2) is 5.73. The minimum Gasteiger partial charge on any atom is -0.0808 e. The molecule has 3 rings (SSSR count). The van der Waals surface area contributed by atoms with Gasteiger partial charge in [-0.15, -0.1) is 0 Å². The fourth-order valence-corrected chi connectivity index (χ4v) is 2.98. The zero-order chi connectivity index (χ0) is 14.8. The van der Waals surface area contributed by atoms with Crippen molar-refractivity contribution in [3.8, 4) is 11.1 Å². The number of rotatable bonds is 2. The standard InChI is InChI=1S/C21H22/c1-15-9-11-19(12-10-15)21-14-16(2)20(13-17(21)3)18-7-5-4-6-8-18/h4-9,11-15H,10H2,1-3H3. The molecule has 0 fully saturated rings. The fourth-order valence-electron chi connectivity index (χ4n) is 2.98. The number of hydrogen-bond acceptors (Lipinski definition) is 0. The zero-order valence-electron chi connectivity index (χ0n) is 13.1. The highest BCUT2D eigenvalue weighted by atomic mass is 14.2. The molecule has 0 heterocycles. The Morgan fingerprint density at radius 2 is 1.57 bits per heavy atom. The summed E-state index contributed by atoms with van der Waals surface area (Å²) in [4.78, 5) is 0. The van der Waals surface area contributed by atoms with Crippen LogP contribution in [0.5, 0.6) is 0 Å². The summed E-state index contributed by atoms with van der Waals surface area (Å²) in [5.74, 6) is 0.666. The molecule has 0 nitrogen and oxygen atoms in total. The maximum atomic E-state index is 2.37. The molecule has 0 heteroatoms. The van der Waals surface area contributed by atoms with Gasteiger partial charge in [-0.05, 0) is 59.6 Å². The van der Waals surface area contributed by atoms with Gasteiger partial charge in [0.1, 0.15) is 0 Å². The lowest BCUT2D eigenvalue weighted by molar-refractivity contribution is 0.739. The summed E-state index contributed by atoms with van der Waals surface area (Å²) >= 11 is 0. The molecule has 0 radical (unpaired) electrons. The minimum absolute atomic E-state index is 0.666. The van der Waals surface area contributed by atoms with Crippen molar-refractivity contribution in [2.75, 3.05) is 0 Å². The van der Waals surface area contributed by atoms with Crippen molar-refractivity contribution < 1.29 is 0 Å². The van der Waals surface area contributed by atoms with Gasteiger partial charge in [0.05, 0.1) is 0 Å². The highest BCUT2D eigenvalue weighted by Crippen LogP contribution is 2.32. The van der Waals surface area contributed by atoms with Crippen molar-refractivity contribution >= 4 is 5.57 Å². The third kappa shape index (κ3) is 2.85. The van der Waals surface area contributed by atoms with E-state index in [1.54, 1.807) is 0 Å². The Morgan fingerprint density at radius 1 is 0.905 bits per heavy atom. The molecule has 1 aliphatic rings. The third-order valence-corrected chi connectivity index (χ3v) is 4.28. The lowest BCUT2D eigenvalue weighted by Crippen LogP contribution is -1.97. The van der Waals surface area contributed by atoms with E-state index in [1.807, 2.05) is 0 Å². The number of allylic oxidation sites excluding steroid dienone is 4. The van der Waals surface area contributed by atoms with E-state index < -0.39 is 0 Å². The summed E-state index contributed by atoms with van der Waals surface area (Å²) in [6.07, 6.45) is 8.10. The van der Waals surface area contributed by atoms with Crippen LogP contribution in [0.1, 0.15) is 30.0 Å². The number of aryl methyl sites for hydroxylation is 2. The average Bonchev–Trinajstić information content (AvgIpc) is 2.51. The molecule has 0 saturated heterocycles. The van der Waals surface area contributed by atoms with E-state index in [1.165, 1.54) is 33.4 Å². The Labute approximate surface area is 127 Å². The van der Waals surface area contributed by atoms with E-state index in [-0.39, 0.29) is 0 Å². The van der Waals surface area contributed by atoms with Crippen molar-refractivity contribution in [2.24, 2.45) is 5.92 Å². The second-order valence-corrected chi connectivity index (χ2v) is 6.08. The van der Waals surface area contributed by atoms with Crippen LogP contribution in [0.15, 0.2) is 60.7 Å². The van der Waals surface area contributed by atoms with Gasteiger partial charge in [0.15, 0.2) is 0 Å². The van der Waals surface area contributed by atoms with E-state index in [0.717, 1.165) is 6.42 Å². The van der Waals surface area contributed by atoms with Gasteiger partial charge in [0, 0.05) is 0 Å². The number of benzene rings is 2. The Bertz CT molecular complexity index is 702. The molecule has 1 unspecified atom stereocenters. The smallest absolute Gasteiger partial charge is 0.0152 e. The molecule has 0 bridgehead atoms. The van der Waals surface area contributed by atoms with E-state index in [0.29, 0.717) is 5.92 Å². The van der Waals surface area contributed by atoms with E-state index in [2.05, 4.69) is 81.5 Å². The summed E-state index contributed by atoms with van der Waals surface area (Å²) in [5, 5.41) is 0. The normalized spacial score (nSPS) is 17.7. The van der Waals surface area contributed by atoms with Crippen LogP contribution >= 0.6 is 0 Å². The first-order valence-electron chi connectivity index (χ1n) is 7.70. The first-order valence-corrected chi connectivity index (χ1v) is 7.70. The lowest BCUT2D eigenvalue weighted by atomic mass is 9.88. The Hall–Kier alpha value is -2.08. The first-order chi connectivity index (χ1) is 10.1. The van der Waals surface area contributed by atoms with Crippen molar-refractivity contribution in [1.82, 2.24) is 0 Å². The molecule has 106 valence electrons. The SMILES string of the molecule is Cc1cc(-c2ccccc2)c(C)cc1C1=CCC(C)C=C1. The summed E-state index contributed by atoms with van der Waals surface area (Å²) in [7, 11) is 0. The largest absolute Gasteiger partial charge is 0.0808 e. The molecule has 21 heavy (non-hydrogen) atoms. The molecular weight excluding hydrogens is 252 g/mol. The molecule has 1 atom stereocenters. The van der Waals surface area contributed by atoms with Gasteiger partial charge in [0.25, 0.3) is 0 Å². The van der Waals surface area contributed by atoms with Gasteiger partial charge in [0.2, 0.25) is 0 Å².